The molecule has 1 N–H and O–H groups in total. The summed E-state index contributed by atoms with van der Waals surface area (Å²) in [7, 11) is 1.64. The van der Waals surface area contributed by atoms with E-state index in [1.165, 1.54) is 0 Å². The van der Waals surface area contributed by atoms with Gasteiger partial charge in [0.05, 0.1) is 12.5 Å². The molecule has 1 aromatic rings. The van der Waals surface area contributed by atoms with Crippen LogP contribution in [0.5, 0.6) is 5.75 Å². The maximum Gasteiger partial charge on any atom is 0.230 e. The second-order valence-corrected chi connectivity index (χ2v) is 6.34. The molecule has 0 spiro atoms. The quantitative estimate of drug-likeness (QED) is 0.850. The zero-order valence-electron chi connectivity index (χ0n) is 13.3. The van der Waals surface area contributed by atoms with Crippen molar-refractivity contribution in [1.82, 2.24) is 5.32 Å². The van der Waals surface area contributed by atoms with E-state index in [4.69, 9.17) is 4.74 Å². The van der Waals surface area contributed by atoms with E-state index >= 15 is 0 Å². The van der Waals surface area contributed by atoms with Crippen LogP contribution in [0.25, 0.3) is 0 Å². The molecule has 1 saturated carbocycles. The Labute approximate surface area is 136 Å². The van der Waals surface area contributed by atoms with Gasteiger partial charge in [0.2, 0.25) is 5.91 Å². The van der Waals surface area contributed by atoms with Gasteiger partial charge in [0.15, 0.2) is 5.78 Å². The lowest BCUT2D eigenvalue weighted by Gasteiger charge is -2.26. The van der Waals surface area contributed by atoms with E-state index in [0.29, 0.717) is 19.4 Å². The lowest BCUT2D eigenvalue weighted by molar-refractivity contribution is -0.129. The Morgan fingerprint density at radius 1 is 1.39 bits per heavy atom. The van der Waals surface area contributed by atoms with E-state index in [0.717, 1.165) is 23.3 Å². The van der Waals surface area contributed by atoms with Crippen molar-refractivity contribution in [1.29, 1.82) is 0 Å². The fourth-order valence-corrected chi connectivity index (χ4v) is 3.43. The highest BCUT2D eigenvalue weighted by molar-refractivity contribution is 6.00. The fraction of sp³-hybridized carbons (Fsp3) is 0.368. The predicted molar refractivity (Wildman–Crippen MR) is 88.2 cm³/mol. The molecular formula is C19H21NO3. The highest BCUT2D eigenvalue weighted by Crippen LogP contribution is 2.49. The topological polar surface area (TPSA) is 55.4 Å². The molecular weight excluding hydrogens is 290 g/mol. The molecule has 2 bridgehead atoms. The van der Waals surface area contributed by atoms with Crippen LogP contribution in [0.1, 0.15) is 18.4 Å². The molecule has 1 aromatic carbocycles. The van der Waals surface area contributed by atoms with Crippen molar-refractivity contribution >= 4 is 11.7 Å². The molecule has 0 unspecified atom stereocenters. The van der Waals surface area contributed by atoms with Crippen molar-refractivity contribution in [2.45, 2.75) is 19.3 Å². The number of fused-ring (bicyclic) bond motifs is 2. The van der Waals surface area contributed by atoms with Crippen molar-refractivity contribution in [3.8, 4) is 5.75 Å². The number of hydrogen-bond acceptors (Lipinski definition) is 3. The minimum absolute atomic E-state index is 0.00147. The summed E-state index contributed by atoms with van der Waals surface area (Å²) in [5.41, 5.74) is 1.45. The summed E-state index contributed by atoms with van der Waals surface area (Å²) in [6.45, 7) is 4.54. The summed E-state index contributed by atoms with van der Waals surface area (Å²) in [4.78, 5) is 24.4. The summed E-state index contributed by atoms with van der Waals surface area (Å²) in [5.74, 6) is 0.726. The van der Waals surface area contributed by atoms with Gasteiger partial charge in [0.25, 0.3) is 0 Å². The van der Waals surface area contributed by atoms with Gasteiger partial charge < -0.3 is 10.1 Å². The van der Waals surface area contributed by atoms with E-state index in [9.17, 15) is 9.59 Å². The maximum atomic E-state index is 12.6. The molecule has 2 aliphatic carbocycles. The predicted octanol–water partition coefficient (Wildman–Crippen LogP) is 2.45. The first-order chi connectivity index (χ1) is 11.0. The second kappa shape index (κ2) is 6.03. The SMILES string of the molecule is C=C1C[C@@]2(C(=O)NCCc3ccc(OC)cc3)C=CC(=O)[C@@H]1C2. The lowest BCUT2D eigenvalue weighted by atomic mass is 9.79. The minimum atomic E-state index is -0.574. The molecule has 0 aromatic heterocycles. The van der Waals surface area contributed by atoms with Gasteiger partial charge in [-0.1, -0.05) is 30.4 Å². The maximum absolute atomic E-state index is 12.6. The highest BCUT2D eigenvalue weighted by atomic mass is 16.5. The van der Waals surface area contributed by atoms with Crippen molar-refractivity contribution in [3.05, 3.63) is 54.1 Å². The number of carbonyl (C=O) groups excluding carboxylic acids is 2. The first-order valence-electron chi connectivity index (χ1n) is 7.86. The van der Waals surface area contributed by atoms with Crippen LogP contribution in [0, 0.1) is 11.3 Å². The third-order valence-electron chi connectivity index (χ3n) is 4.82. The summed E-state index contributed by atoms with van der Waals surface area (Å²) < 4.78 is 5.13. The summed E-state index contributed by atoms with van der Waals surface area (Å²) in [5, 5.41) is 3.01. The van der Waals surface area contributed by atoms with Gasteiger partial charge in [-0.15, -0.1) is 0 Å². The molecule has 2 aliphatic rings. The monoisotopic (exact) mass is 311 g/mol. The third-order valence-corrected chi connectivity index (χ3v) is 4.82. The van der Waals surface area contributed by atoms with Crippen molar-refractivity contribution in [2.75, 3.05) is 13.7 Å². The first kappa shape index (κ1) is 15.5. The molecule has 120 valence electrons. The number of methoxy groups -OCH3 is 1. The molecule has 0 heterocycles. The van der Waals surface area contributed by atoms with E-state index in [2.05, 4.69) is 11.9 Å². The van der Waals surface area contributed by atoms with Crippen LogP contribution in [0.15, 0.2) is 48.6 Å². The van der Waals surface area contributed by atoms with Crippen LogP contribution in [0.3, 0.4) is 0 Å². The van der Waals surface area contributed by atoms with Gasteiger partial charge in [-0.3, -0.25) is 9.59 Å². The average Bonchev–Trinajstić information content (AvgIpc) is 2.86. The van der Waals surface area contributed by atoms with E-state index < -0.39 is 5.41 Å². The standard InChI is InChI=1S/C19H21NO3/c1-13-11-19(9-7-17(21)16(13)12-19)18(22)20-10-8-14-3-5-15(23-2)6-4-14/h3-7,9,16H,1,8,10-12H2,2H3,(H,20,22)/t16-,19+/m1/s1. The van der Waals surface area contributed by atoms with Crippen LogP contribution in [0.4, 0.5) is 0 Å². The van der Waals surface area contributed by atoms with E-state index in [-0.39, 0.29) is 17.6 Å². The molecule has 4 nitrogen and oxygen atoms in total. The van der Waals surface area contributed by atoms with Gasteiger partial charge in [0, 0.05) is 12.5 Å². The van der Waals surface area contributed by atoms with Crippen molar-refractivity contribution < 1.29 is 14.3 Å². The number of carbonyl (C=O) groups is 2. The fourth-order valence-electron chi connectivity index (χ4n) is 3.43. The number of nitrogens with one attached hydrogen (secondary N) is 1. The molecule has 2 atom stereocenters. The van der Waals surface area contributed by atoms with Gasteiger partial charge in [-0.05, 0) is 43.0 Å². The summed E-state index contributed by atoms with van der Waals surface area (Å²) >= 11 is 0. The van der Waals surface area contributed by atoms with Gasteiger partial charge in [-0.2, -0.15) is 0 Å². The van der Waals surface area contributed by atoms with Crippen molar-refractivity contribution in [2.24, 2.45) is 11.3 Å². The van der Waals surface area contributed by atoms with Gasteiger partial charge >= 0.3 is 0 Å². The molecule has 4 heteroatoms. The molecule has 3 rings (SSSR count). The van der Waals surface area contributed by atoms with Gasteiger partial charge in [-0.25, -0.2) is 0 Å². The Morgan fingerprint density at radius 3 is 2.83 bits per heavy atom. The van der Waals surface area contributed by atoms with Crippen LogP contribution in [-0.4, -0.2) is 25.3 Å². The van der Waals surface area contributed by atoms with Crippen molar-refractivity contribution in [3.63, 3.8) is 0 Å². The zero-order valence-corrected chi connectivity index (χ0v) is 13.3. The Morgan fingerprint density at radius 2 is 2.13 bits per heavy atom. The number of rotatable bonds is 5. The molecule has 0 aliphatic heterocycles. The second-order valence-electron chi connectivity index (χ2n) is 6.34. The molecule has 0 saturated heterocycles. The molecule has 0 radical (unpaired) electrons. The molecule has 23 heavy (non-hydrogen) atoms. The number of ketones is 1. The Hall–Kier alpha value is -2.36. The van der Waals surface area contributed by atoms with Crippen LogP contribution in [-0.2, 0) is 16.0 Å². The van der Waals surface area contributed by atoms with E-state index in [1.807, 2.05) is 24.3 Å². The van der Waals surface area contributed by atoms with E-state index in [1.54, 1.807) is 19.3 Å². The normalized spacial score (nSPS) is 25.5. The number of ether oxygens (including phenoxy) is 1. The zero-order chi connectivity index (χ0) is 16.4. The highest BCUT2D eigenvalue weighted by Gasteiger charge is 2.49. The average molecular weight is 311 g/mol. The largest absolute Gasteiger partial charge is 0.497 e. The van der Waals surface area contributed by atoms with Crippen LogP contribution < -0.4 is 10.1 Å². The minimum Gasteiger partial charge on any atom is -0.497 e. The Balaban J connectivity index is 1.58. The van der Waals surface area contributed by atoms with Crippen LogP contribution >= 0.6 is 0 Å². The first-order valence-corrected chi connectivity index (χ1v) is 7.86. The van der Waals surface area contributed by atoms with Crippen LogP contribution in [0.2, 0.25) is 0 Å². The number of hydrogen-bond donors (Lipinski definition) is 1. The summed E-state index contributed by atoms with van der Waals surface area (Å²) in [6.07, 6.45) is 5.23. The number of benzene rings is 1. The Kier molecular flexibility index (Phi) is 4.07. The molecule has 1 fully saturated rings. The number of amides is 1. The third kappa shape index (κ3) is 2.93. The Bertz CT molecular complexity index is 674. The smallest absolute Gasteiger partial charge is 0.230 e. The van der Waals surface area contributed by atoms with Gasteiger partial charge in [0.1, 0.15) is 5.75 Å². The number of allylic oxidation sites excluding steroid dienone is 2. The molecule has 1 amide bonds. The summed E-state index contributed by atoms with van der Waals surface area (Å²) in [6, 6.07) is 7.82. The lowest BCUT2D eigenvalue weighted by Crippen LogP contribution is -2.40.